The number of nitrogens with zero attached hydrogens (tertiary/aromatic N) is 5. The Morgan fingerprint density at radius 3 is 2.50 bits per heavy atom. The van der Waals surface area contributed by atoms with Crippen LogP contribution in [0.25, 0.3) is 11.0 Å². The maximum Gasteiger partial charge on any atom is 0.224 e. The van der Waals surface area contributed by atoms with Gasteiger partial charge in [-0.25, -0.2) is 4.68 Å². The van der Waals surface area contributed by atoms with Crippen LogP contribution in [0.3, 0.4) is 0 Å². The Morgan fingerprint density at radius 1 is 1.00 bits per heavy atom. The molecule has 0 radical (unpaired) electrons. The Kier molecular flexibility index (Phi) is 4.77. The third kappa shape index (κ3) is 3.64. The van der Waals surface area contributed by atoms with E-state index in [9.17, 15) is 0 Å². The number of hydrogen-bond acceptors (Lipinski definition) is 6. The highest BCUT2D eigenvalue weighted by Crippen LogP contribution is 2.34. The summed E-state index contributed by atoms with van der Waals surface area (Å²) in [4.78, 5) is 10.9. The smallest absolute Gasteiger partial charge is 0.224 e. The van der Waals surface area contributed by atoms with Gasteiger partial charge < -0.3 is 16.4 Å². The van der Waals surface area contributed by atoms with Gasteiger partial charge in [0.05, 0.1) is 17.6 Å². The molecule has 5 rings (SSSR count). The summed E-state index contributed by atoms with van der Waals surface area (Å²) in [5, 5.41) is 5.36. The van der Waals surface area contributed by atoms with Crippen molar-refractivity contribution in [3.05, 3.63) is 71.4 Å². The Labute approximate surface area is 188 Å². The summed E-state index contributed by atoms with van der Waals surface area (Å²) in [5.74, 6) is 0.537. The number of fused-ring (bicyclic) bond motifs is 2. The molecular weight excluding hydrogens is 398 g/mol. The van der Waals surface area contributed by atoms with E-state index in [4.69, 9.17) is 11.5 Å². The molecular formula is C25H29N7. The number of nitrogens with two attached hydrogens (primary N) is 2. The fourth-order valence-electron chi connectivity index (χ4n) is 4.54. The van der Waals surface area contributed by atoms with E-state index >= 15 is 0 Å². The van der Waals surface area contributed by atoms with Gasteiger partial charge in [0.25, 0.3) is 0 Å². The number of hydrogen-bond donors (Lipinski definition) is 2. The molecule has 0 bridgehead atoms. The van der Waals surface area contributed by atoms with Crippen LogP contribution in [0.15, 0.2) is 54.7 Å². The van der Waals surface area contributed by atoms with Gasteiger partial charge in [-0.05, 0) is 34.6 Å². The van der Waals surface area contributed by atoms with Crippen molar-refractivity contribution in [2.24, 2.45) is 0 Å². The second kappa shape index (κ2) is 7.51. The van der Waals surface area contributed by atoms with E-state index in [0.29, 0.717) is 11.5 Å². The molecule has 2 aromatic carbocycles. The predicted molar refractivity (Wildman–Crippen MR) is 130 cm³/mol. The Bertz CT molecular complexity index is 1270. The zero-order valence-corrected chi connectivity index (χ0v) is 18.8. The molecule has 1 unspecified atom stereocenters. The van der Waals surface area contributed by atoms with Crippen molar-refractivity contribution in [1.29, 1.82) is 0 Å². The second-order valence-corrected chi connectivity index (χ2v) is 9.61. The Balaban J connectivity index is 1.49. The van der Waals surface area contributed by atoms with Gasteiger partial charge in [-0.15, -0.1) is 0 Å². The maximum atomic E-state index is 6.05. The predicted octanol–water partition coefficient (Wildman–Crippen LogP) is 4.09. The lowest BCUT2D eigenvalue weighted by atomic mass is 9.86. The SMILES string of the molecule is CC(C)(C)c1ccc(CN2CC(n3ncc4c(N)nc(N)nc43)Cc3ccccc32)cc1. The fraction of sp³-hybridized carbons (Fsp3) is 0.320. The van der Waals surface area contributed by atoms with Crippen LogP contribution in [0.2, 0.25) is 0 Å². The maximum absolute atomic E-state index is 6.05. The molecule has 0 spiro atoms. The minimum absolute atomic E-state index is 0.116. The average molecular weight is 428 g/mol. The van der Waals surface area contributed by atoms with Crippen molar-refractivity contribution in [3.8, 4) is 0 Å². The first kappa shape index (κ1) is 20.3. The van der Waals surface area contributed by atoms with Crippen LogP contribution in [0, 0.1) is 0 Å². The lowest BCUT2D eigenvalue weighted by molar-refractivity contribution is 0.439. The normalized spacial score (nSPS) is 16.3. The first-order valence-corrected chi connectivity index (χ1v) is 11.0. The van der Waals surface area contributed by atoms with Gasteiger partial charge in [-0.1, -0.05) is 63.2 Å². The lowest BCUT2D eigenvalue weighted by Gasteiger charge is -2.36. The number of rotatable bonds is 3. The molecule has 7 nitrogen and oxygen atoms in total. The molecule has 4 N–H and O–H groups in total. The average Bonchev–Trinajstić information content (AvgIpc) is 3.17. The van der Waals surface area contributed by atoms with E-state index in [-0.39, 0.29) is 17.4 Å². The van der Waals surface area contributed by atoms with Crippen molar-refractivity contribution in [3.63, 3.8) is 0 Å². The Hall–Kier alpha value is -3.61. The lowest BCUT2D eigenvalue weighted by Crippen LogP contribution is -2.36. The van der Waals surface area contributed by atoms with Crippen molar-refractivity contribution in [2.45, 2.75) is 45.2 Å². The molecule has 3 heterocycles. The topological polar surface area (TPSA) is 98.9 Å². The van der Waals surface area contributed by atoms with Gasteiger partial charge in [-0.2, -0.15) is 15.1 Å². The van der Waals surface area contributed by atoms with Crippen molar-refractivity contribution >= 4 is 28.5 Å². The molecule has 0 saturated heterocycles. The van der Waals surface area contributed by atoms with Gasteiger partial charge in [0.1, 0.15) is 5.82 Å². The van der Waals surface area contributed by atoms with Gasteiger partial charge >= 0.3 is 0 Å². The zero-order valence-electron chi connectivity index (χ0n) is 18.8. The van der Waals surface area contributed by atoms with Crippen molar-refractivity contribution in [1.82, 2.24) is 19.7 Å². The van der Waals surface area contributed by atoms with E-state index in [0.717, 1.165) is 24.9 Å². The largest absolute Gasteiger partial charge is 0.383 e. The number of anilines is 3. The van der Waals surface area contributed by atoms with Gasteiger partial charge in [-0.3, -0.25) is 0 Å². The minimum atomic E-state index is 0.116. The van der Waals surface area contributed by atoms with E-state index < -0.39 is 0 Å². The third-order valence-electron chi connectivity index (χ3n) is 6.26. The first-order chi connectivity index (χ1) is 15.3. The summed E-state index contributed by atoms with van der Waals surface area (Å²) in [5.41, 5.74) is 18.0. The molecule has 2 aromatic heterocycles. The molecule has 164 valence electrons. The number of aromatic nitrogens is 4. The molecule has 0 aliphatic carbocycles. The third-order valence-corrected chi connectivity index (χ3v) is 6.26. The molecule has 0 amide bonds. The highest BCUT2D eigenvalue weighted by molar-refractivity contribution is 5.86. The van der Waals surface area contributed by atoms with E-state index in [1.165, 1.54) is 22.4 Å². The number of para-hydroxylation sites is 1. The highest BCUT2D eigenvalue weighted by atomic mass is 15.3. The second-order valence-electron chi connectivity index (χ2n) is 9.61. The first-order valence-electron chi connectivity index (χ1n) is 11.0. The summed E-state index contributed by atoms with van der Waals surface area (Å²) in [6.07, 6.45) is 2.61. The molecule has 1 aliphatic rings. The summed E-state index contributed by atoms with van der Waals surface area (Å²) >= 11 is 0. The highest BCUT2D eigenvalue weighted by Gasteiger charge is 2.28. The van der Waals surface area contributed by atoms with Crippen molar-refractivity contribution in [2.75, 3.05) is 22.9 Å². The fourth-order valence-corrected chi connectivity index (χ4v) is 4.54. The van der Waals surface area contributed by atoms with Gasteiger partial charge in [0.15, 0.2) is 5.65 Å². The summed E-state index contributed by atoms with van der Waals surface area (Å²) in [6.45, 7) is 8.37. The Morgan fingerprint density at radius 2 is 1.75 bits per heavy atom. The van der Waals surface area contributed by atoms with Crippen LogP contribution >= 0.6 is 0 Å². The van der Waals surface area contributed by atoms with Crippen LogP contribution in [-0.2, 0) is 18.4 Å². The molecule has 0 saturated carbocycles. The van der Waals surface area contributed by atoms with Gasteiger partial charge in [0, 0.05) is 18.8 Å². The molecule has 1 aliphatic heterocycles. The minimum Gasteiger partial charge on any atom is -0.383 e. The summed E-state index contributed by atoms with van der Waals surface area (Å²) in [7, 11) is 0. The molecule has 0 fully saturated rings. The van der Waals surface area contributed by atoms with E-state index in [1.54, 1.807) is 6.20 Å². The van der Waals surface area contributed by atoms with Crippen LogP contribution in [0.1, 0.15) is 43.5 Å². The standard InChI is InChI=1S/C25H29N7/c1-25(2,3)18-10-8-16(9-11-18)14-31-15-19(12-17-6-4-5-7-21(17)31)32-23-20(13-28-32)22(26)29-24(27)30-23/h4-11,13,19H,12,14-15H2,1-3H3,(H4,26,27,29,30). The molecule has 1 atom stereocenters. The molecule has 7 heteroatoms. The van der Waals surface area contributed by atoms with Crippen LogP contribution in [0.5, 0.6) is 0 Å². The zero-order chi connectivity index (χ0) is 22.5. The number of benzene rings is 2. The van der Waals surface area contributed by atoms with Crippen LogP contribution in [0.4, 0.5) is 17.5 Å². The summed E-state index contributed by atoms with van der Waals surface area (Å²) < 4.78 is 1.95. The molecule has 32 heavy (non-hydrogen) atoms. The van der Waals surface area contributed by atoms with Crippen LogP contribution < -0.4 is 16.4 Å². The quantitative estimate of drug-likeness (QED) is 0.511. The van der Waals surface area contributed by atoms with E-state index in [2.05, 4.69) is 89.3 Å². The van der Waals surface area contributed by atoms with Crippen LogP contribution in [-0.4, -0.2) is 26.3 Å². The van der Waals surface area contributed by atoms with Gasteiger partial charge in [0.2, 0.25) is 5.95 Å². The molecule has 4 aromatic rings. The summed E-state index contributed by atoms with van der Waals surface area (Å²) in [6, 6.07) is 17.7. The van der Waals surface area contributed by atoms with Crippen molar-refractivity contribution < 1.29 is 0 Å². The number of nitrogen functional groups attached to an aromatic ring is 2. The van der Waals surface area contributed by atoms with E-state index in [1.807, 2.05) is 4.68 Å². The monoisotopic (exact) mass is 427 g/mol.